The number of nitrogens with zero attached hydrogens (tertiary/aromatic N) is 4. The minimum Gasteiger partial charge on any atom is -0.342 e. The second kappa shape index (κ2) is 8.61. The van der Waals surface area contributed by atoms with Crippen LogP contribution in [0.2, 0.25) is 0 Å². The first-order chi connectivity index (χ1) is 13.7. The summed E-state index contributed by atoms with van der Waals surface area (Å²) in [4.78, 5) is 14.4. The van der Waals surface area contributed by atoms with Crippen LogP contribution >= 0.6 is 11.8 Å². The smallest absolute Gasteiger partial charge is 0.233 e. The Morgan fingerprint density at radius 3 is 2.57 bits per heavy atom. The van der Waals surface area contributed by atoms with Crippen LogP contribution in [-0.2, 0) is 11.2 Å². The zero-order chi connectivity index (χ0) is 19.3. The number of amides is 1. The minimum atomic E-state index is 0.186. The lowest BCUT2D eigenvalue weighted by molar-refractivity contribution is -0.127. The van der Waals surface area contributed by atoms with E-state index in [2.05, 4.69) is 52.0 Å². The Morgan fingerprint density at radius 2 is 1.82 bits per heavy atom. The first-order valence-electron chi connectivity index (χ1n) is 9.66. The summed E-state index contributed by atoms with van der Waals surface area (Å²) in [7, 11) is 0. The molecule has 0 aliphatic carbocycles. The fraction of sp³-hybridized carbons (Fsp3) is 0.318. The summed E-state index contributed by atoms with van der Waals surface area (Å²) in [5.41, 5.74) is 3.40. The number of benzene rings is 2. The van der Waals surface area contributed by atoms with Crippen molar-refractivity contribution in [1.82, 2.24) is 19.7 Å². The third-order valence-electron chi connectivity index (χ3n) is 4.95. The largest absolute Gasteiger partial charge is 0.342 e. The lowest BCUT2D eigenvalue weighted by atomic mass is 10.1. The Kier molecular flexibility index (Phi) is 5.76. The standard InChI is InChI=1S/C22H24N4OS/c1-17-8-7-11-19(14-17)26-20(15-18-9-3-2-4-10-18)23-24-22(26)28-16-21(27)25-12-5-6-13-25/h2-4,7-11,14H,5-6,12-13,15-16H2,1H3. The summed E-state index contributed by atoms with van der Waals surface area (Å²) in [6.45, 7) is 3.83. The first-order valence-corrected chi connectivity index (χ1v) is 10.6. The first kappa shape index (κ1) is 18.7. The van der Waals surface area contributed by atoms with Crippen molar-refractivity contribution in [1.29, 1.82) is 0 Å². The highest BCUT2D eigenvalue weighted by Crippen LogP contribution is 2.25. The van der Waals surface area contributed by atoms with Crippen LogP contribution in [0, 0.1) is 6.92 Å². The van der Waals surface area contributed by atoms with E-state index in [9.17, 15) is 4.79 Å². The van der Waals surface area contributed by atoms with Crippen LogP contribution in [0.1, 0.15) is 29.8 Å². The molecule has 3 aromatic rings. The summed E-state index contributed by atoms with van der Waals surface area (Å²) in [5.74, 6) is 1.47. The van der Waals surface area contributed by atoms with E-state index in [4.69, 9.17) is 0 Å². The molecule has 1 aromatic heterocycles. The van der Waals surface area contributed by atoms with Crippen LogP contribution in [0.5, 0.6) is 0 Å². The molecule has 0 radical (unpaired) electrons. The molecule has 1 saturated heterocycles. The number of carbonyl (C=O) groups excluding carboxylic acids is 1. The number of carbonyl (C=O) groups is 1. The SMILES string of the molecule is Cc1cccc(-n2c(Cc3ccccc3)nnc2SCC(=O)N2CCCC2)c1. The predicted molar refractivity (Wildman–Crippen MR) is 112 cm³/mol. The molecule has 28 heavy (non-hydrogen) atoms. The van der Waals surface area contributed by atoms with Gasteiger partial charge in [0, 0.05) is 25.2 Å². The van der Waals surface area contributed by atoms with Gasteiger partial charge in [0.15, 0.2) is 5.16 Å². The predicted octanol–water partition coefficient (Wildman–Crippen LogP) is 3.88. The maximum atomic E-state index is 12.5. The second-order valence-electron chi connectivity index (χ2n) is 7.11. The average Bonchev–Trinajstić information content (AvgIpc) is 3.37. The molecule has 1 aliphatic rings. The number of hydrogen-bond acceptors (Lipinski definition) is 4. The van der Waals surface area contributed by atoms with E-state index in [0.29, 0.717) is 12.2 Å². The van der Waals surface area contributed by atoms with Crippen LogP contribution in [0.15, 0.2) is 59.8 Å². The molecule has 2 heterocycles. The van der Waals surface area contributed by atoms with Gasteiger partial charge in [0.05, 0.1) is 5.75 Å². The molecule has 1 amide bonds. The molecule has 0 unspecified atom stereocenters. The Hall–Kier alpha value is -2.60. The molecular formula is C22H24N4OS. The van der Waals surface area contributed by atoms with Gasteiger partial charge >= 0.3 is 0 Å². The average molecular weight is 393 g/mol. The van der Waals surface area contributed by atoms with Gasteiger partial charge in [-0.15, -0.1) is 10.2 Å². The normalized spacial score (nSPS) is 13.8. The van der Waals surface area contributed by atoms with Gasteiger partial charge in [0.2, 0.25) is 5.91 Å². The van der Waals surface area contributed by atoms with Crippen molar-refractivity contribution in [3.8, 4) is 5.69 Å². The van der Waals surface area contributed by atoms with Gasteiger partial charge in [-0.3, -0.25) is 9.36 Å². The number of aromatic nitrogens is 3. The topological polar surface area (TPSA) is 51.0 Å². The van der Waals surface area contributed by atoms with Crippen molar-refractivity contribution in [2.45, 2.75) is 31.3 Å². The highest BCUT2D eigenvalue weighted by atomic mass is 32.2. The molecule has 0 saturated carbocycles. The minimum absolute atomic E-state index is 0.186. The van der Waals surface area contributed by atoms with Gasteiger partial charge in [-0.05, 0) is 43.0 Å². The third kappa shape index (κ3) is 4.28. The Morgan fingerprint density at radius 1 is 1.04 bits per heavy atom. The zero-order valence-corrected chi connectivity index (χ0v) is 16.9. The van der Waals surface area contributed by atoms with Gasteiger partial charge in [0.1, 0.15) is 5.82 Å². The molecule has 0 atom stereocenters. The molecular weight excluding hydrogens is 368 g/mol. The molecule has 144 valence electrons. The van der Waals surface area contributed by atoms with Crippen LogP contribution < -0.4 is 0 Å². The number of rotatable bonds is 6. The third-order valence-corrected chi connectivity index (χ3v) is 5.86. The van der Waals surface area contributed by atoms with E-state index in [1.807, 2.05) is 29.2 Å². The second-order valence-corrected chi connectivity index (χ2v) is 8.05. The van der Waals surface area contributed by atoms with E-state index in [0.717, 1.165) is 42.6 Å². The van der Waals surface area contributed by atoms with E-state index in [1.54, 1.807) is 0 Å². The van der Waals surface area contributed by atoms with Crippen molar-refractivity contribution >= 4 is 17.7 Å². The molecule has 0 N–H and O–H groups in total. The summed E-state index contributed by atoms with van der Waals surface area (Å²) in [6, 6.07) is 18.6. The van der Waals surface area contributed by atoms with Crippen molar-refractivity contribution in [3.05, 3.63) is 71.5 Å². The molecule has 5 nitrogen and oxygen atoms in total. The zero-order valence-electron chi connectivity index (χ0n) is 16.0. The molecule has 0 bridgehead atoms. The van der Waals surface area contributed by atoms with Crippen LogP contribution in [0.3, 0.4) is 0 Å². The molecule has 2 aromatic carbocycles. The summed E-state index contributed by atoms with van der Waals surface area (Å²) in [6.07, 6.45) is 2.91. The van der Waals surface area contributed by atoms with Crippen LogP contribution in [-0.4, -0.2) is 44.4 Å². The van der Waals surface area contributed by atoms with E-state index >= 15 is 0 Å². The van der Waals surface area contributed by atoms with Gasteiger partial charge in [-0.1, -0.05) is 54.2 Å². The Labute approximate surface area is 169 Å². The molecule has 1 fully saturated rings. The lowest BCUT2D eigenvalue weighted by Crippen LogP contribution is -2.29. The molecule has 0 spiro atoms. The van der Waals surface area contributed by atoms with Crippen LogP contribution in [0.4, 0.5) is 0 Å². The van der Waals surface area contributed by atoms with E-state index < -0.39 is 0 Å². The Bertz CT molecular complexity index is 948. The number of likely N-dealkylation sites (tertiary alicyclic amines) is 1. The summed E-state index contributed by atoms with van der Waals surface area (Å²) < 4.78 is 2.09. The number of hydrogen-bond donors (Lipinski definition) is 0. The summed E-state index contributed by atoms with van der Waals surface area (Å²) >= 11 is 1.47. The van der Waals surface area contributed by atoms with E-state index in [-0.39, 0.29) is 5.91 Å². The van der Waals surface area contributed by atoms with Gasteiger partial charge in [0.25, 0.3) is 0 Å². The van der Waals surface area contributed by atoms with E-state index in [1.165, 1.54) is 22.9 Å². The fourth-order valence-electron chi connectivity index (χ4n) is 3.50. The molecule has 6 heteroatoms. The number of thioether (sulfide) groups is 1. The highest BCUT2D eigenvalue weighted by molar-refractivity contribution is 7.99. The maximum absolute atomic E-state index is 12.5. The molecule has 4 rings (SSSR count). The van der Waals surface area contributed by atoms with Gasteiger partial charge in [-0.2, -0.15) is 0 Å². The maximum Gasteiger partial charge on any atom is 0.233 e. The van der Waals surface area contributed by atoms with Gasteiger partial charge in [-0.25, -0.2) is 0 Å². The van der Waals surface area contributed by atoms with Crippen molar-refractivity contribution in [3.63, 3.8) is 0 Å². The lowest BCUT2D eigenvalue weighted by Gasteiger charge is -2.15. The molecule has 1 aliphatic heterocycles. The monoisotopic (exact) mass is 392 g/mol. The number of aryl methyl sites for hydroxylation is 1. The van der Waals surface area contributed by atoms with Gasteiger partial charge < -0.3 is 4.90 Å². The fourth-order valence-corrected chi connectivity index (χ4v) is 4.37. The van der Waals surface area contributed by atoms with Crippen LogP contribution in [0.25, 0.3) is 5.69 Å². The highest BCUT2D eigenvalue weighted by Gasteiger charge is 2.20. The Balaban J connectivity index is 1.61. The quantitative estimate of drug-likeness (QED) is 0.598. The van der Waals surface area contributed by atoms with Crippen molar-refractivity contribution in [2.24, 2.45) is 0 Å². The van der Waals surface area contributed by atoms with Crippen molar-refractivity contribution < 1.29 is 4.79 Å². The van der Waals surface area contributed by atoms with Crippen molar-refractivity contribution in [2.75, 3.05) is 18.8 Å². The summed E-state index contributed by atoms with van der Waals surface area (Å²) in [5, 5.41) is 9.65.